The number of ether oxygens (including phenoxy) is 1. The first kappa shape index (κ1) is 49.3. The Morgan fingerprint density at radius 1 is 0.951 bits per heavy atom. The standard InChI is InChI=1S/C8H10.C7H13NO.C7H16.C6H12O.C5H10O.4CH4/c1-7-4-3-5-8(2)6-7;1-6-3-4-7(9)8(2)5-6;1-5-7(4)6(2)3;1-6-2-4-7-5-3-6;1-5(4-6)2-3-5;;;;/h3-6H,1-2H3;6H,3-5H2,1-2H3;6-7H,5H2,1-4H3;6H,2-5H2,1H3;6H,2-4H2,1H3;4*1H4/t;6-;7-;;;;;;/m.00....../s1. The second-order valence-electron chi connectivity index (χ2n) is 12.5. The minimum absolute atomic E-state index is 0. The molecule has 0 aromatic heterocycles. The number of amides is 1. The van der Waals surface area contributed by atoms with Crippen molar-refractivity contribution in [3.8, 4) is 0 Å². The first-order valence-corrected chi connectivity index (χ1v) is 14.8. The zero-order valence-electron chi connectivity index (χ0n) is 26.1. The smallest absolute Gasteiger partial charge is 0.222 e. The molecule has 1 aliphatic carbocycles. The number of nitrogens with zero attached hydrogens (tertiary/aromatic N) is 1. The van der Waals surface area contributed by atoms with Crippen molar-refractivity contribution in [3.63, 3.8) is 0 Å². The number of hydrogen-bond donors (Lipinski definition) is 1. The van der Waals surface area contributed by atoms with Crippen molar-refractivity contribution in [2.24, 2.45) is 29.1 Å². The van der Waals surface area contributed by atoms with E-state index in [1.807, 2.05) is 11.9 Å². The lowest BCUT2D eigenvalue weighted by atomic mass is 9.96. The summed E-state index contributed by atoms with van der Waals surface area (Å²) in [5, 5.41) is 8.47. The number of likely N-dealkylation sites (tertiary alicyclic amines) is 1. The van der Waals surface area contributed by atoms with Gasteiger partial charge in [0.2, 0.25) is 5.91 Å². The van der Waals surface area contributed by atoms with Crippen LogP contribution in [0.2, 0.25) is 0 Å². The van der Waals surface area contributed by atoms with Gasteiger partial charge in [-0.15, -0.1) is 0 Å². The Bertz CT molecular complexity index is 691. The molecule has 1 N–H and O–H groups in total. The number of aryl methyl sites for hydroxylation is 2. The molecule has 2 heterocycles. The molecule has 248 valence electrons. The molecule has 0 bridgehead atoms. The molecule has 1 saturated carbocycles. The quantitative estimate of drug-likeness (QED) is 0.385. The number of carbonyl (C=O) groups is 1. The predicted molar refractivity (Wildman–Crippen MR) is 187 cm³/mol. The van der Waals surface area contributed by atoms with E-state index in [4.69, 9.17) is 9.84 Å². The summed E-state index contributed by atoms with van der Waals surface area (Å²) in [5.74, 6) is 3.68. The highest BCUT2D eigenvalue weighted by Crippen LogP contribution is 2.43. The lowest BCUT2D eigenvalue weighted by molar-refractivity contribution is -0.132. The second kappa shape index (κ2) is 27.4. The van der Waals surface area contributed by atoms with Crippen LogP contribution >= 0.6 is 0 Å². The van der Waals surface area contributed by atoms with Gasteiger partial charge in [0.15, 0.2) is 0 Å². The molecule has 0 unspecified atom stereocenters. The number of carbonyl (C=O) groups excluding carboxylic acids is 1. The molecule has 1 amide bonds. The number of hydrogen-bond acceptors (Lipinski definition) is 3. The third-order valence-electron chi connectivity index (χ3n) is 7.81. The van der Waals surface area contributed by atoms with Gasteiger partial charge in [0, 0.05) is 39.8 Å². The molecule has 2 saturated heterocycles. The van der Waals surface area contributed by atoms with Crippen molar-refractivity contribution in [2.75, 3.05) is 33.4 Å². The average molecular weight is 584 g/mol. The van der Waals surface area contributed by atoms with E-state index >= 15 is 0 Å². The summed E-state index contributed by atoms with van der Waals surface area (Å²) >= 11 is 0. The highest BCUT2D eigenvalue weighted by atomic mass is 16.5. The van der Waals surface area contributed by atoms with Gasteiger partial charge in [0.05, 0.1) is 0 Å². The van der Waals surface area contributed by atoms with Crippen LogP contribution < -0.4 is 0 Å². The molecule has 4 nitrogen and oxygen atoms in total. The van der Waals surface area contributed by atoms with E-state index in [9.17, 15) is 4.79 Å². The topological polar surface area (TPSA) is 49.8 Å². The van der Waals surface area contributed by atoms with Crippen LogP contribution in [0.4, 0.5) is 0 Å². The summed E-state index contributed by atoms with van der Waals surface area (Å²) in [5.41, 5.74) is 3.02. The highest BCUT2D eigenvalue weighted by molar-refractivity contribution is 5.76. The lowest BCUT2D eigenvalue weighted by Gasteiger charge is -2.26. The zero-order valence-corrected chi connectivity index (χ0v) is 26.1. The molecule has 4 heteroatoms. The first-order valence-electron chi connectivity index (χ1n) is 14.8. The summed E-state index contributed by atoms with van der Waals surface area (Å²) in [7, 11) is 1.87. The fraction of sp³-hybridized carbons (Fsp3) is 0.811. The summed E-state index contributed by atoms with van der Waals surface area (Å²) in [6, 6.07) is 8.45. The maximum atomic E-state index is 10.9. The molecule has 0 radical (unpaired) electrons. The first-order chi connectivity index (χ1) is 17.3. The van der Waals surface area contributed by atoms with E-state index < -0.39 is 0 Å². The van der Waals surface area contributed by atoms with Gasteiger partial charge in [-0.3, -0.25) is 4.79 Å². The van der Waals surface area contributed by atoms with E-state index in [-0.39, 0.29) is 29.7 Å². The number of rotatable bonds is 3. The van der Waals surface area contributed by atoms with Gasteiger partial charge in [-0.25, -0.2) is 0 Å². The Kier molecular flexibility index (Phi) is 33.0. The maximum Gasteiger partial charge on any atom is 0.222 e. The summed E-state index contributed by atoms with van der Waals surface area (Å²) in [6.07, 6.45) is 8.12. The van der Waals surface area contributed by atoms with E-state index in [1.165, 1.54) is 43.2 Å². The third kappa shape index (κ3) is 27.2. The predicted octanol–water partition coefficient (Wildman–Crippen LogP) is 10.6. The van der Waals surface area contributed by atoms with E-state index in [1.54, 1.807) is 0 Å². The minimum atomic E-state index is 0. The van der Waals surface area contributed by atoms with Crippen molar-refractivity contribution in [1.82, 2.24) is 4.90 Å². The van der Waals surface area contributed by atoms with Gasteiger partial charge in [-0.1, -0.05) is 120 Å². The fourth-order valence-corrected chi connectivity index (χ4v) is 3.69. The SMILES string of the molecule is C.C.C.C.CC1(CO)CC1.CC1CCOCC1.CC[C@H](C)C(C)C.C[C@H]1CCC(=O)N(C)C1.Cc1cccc(C)c1. The molecule has 1 aromatic carbocycles. The third-order valence-corrected chi connectivity index (χ3v) is 7.81. The molecular formula is C37H77NO3. The van der Waals surface area contributed by atoms with Gasteiger partial charge >= 0.3 is 0 Å². The zero-order chi connectivity index (χ0) is 28.4. The molecule has 2 aliphatic heterocycles. The minimum Gasteiger partial charge on any atom is -0.396 e. The molecule has 4 rings (SSSR count). The number of aliphatic hydroxyl groups is 1. The number of aliphatic hydroxyl groups excluding tert-OH is 1. The van der Waals surface area contributed by atoms with Crippen LogP contribution in [0.5, 0.6) is 0 Å². The molecule has 2 atom stereocenters. The molecular weight excluding hydrogens is 506 g/mol. The van der Waals surface area contributed by atoms with Crippen molar-refractivity contribution >= 4 is 5.91 Å². The lowest BCUT2D eigenvalue weighted by Crippen LogP contribution is -2.35. The highest BCUT2D eigenvalue weighted by Gasteiger charge is 2.35. The summed E-state index contributed by atoms with van der Waals surface area (Å²) < 4.78 is 5.14. The van der Waals surface area contributed by atoms with E-state index in [2.05, 4.69) is 86.6 Å². The van der Waals surface area contributed by atoms with Crippen LogP contribution in [0.15, 0.2) is 24.3 Å². The van der Waals surface area contributed by atoms with Crippen LogP contribution in [0, 0.1) is 42.9 Å². The van der Waals surface area contributed by atoms with Crippen LogP contribution in [-0.2, 0) is 9.53 Å². The fourth-order valence-electron chi connectivity index (χ4n) is 3.69. The Hall–Kier alpha value is -1.39. The maximum absolute atomic E-state index is 10.9. The van der Waals surface area contributed by atoms with Crippen molar-refractivity contribution < 1.29 is 14.6 Å². The second-order valence-corrected chi connectivity index (χ2v) is 12.5. The van der Waals surface area contributed by atoms with E-state index in [0.717, 1.165) is 50.4 Å². The van der Waals surface area contributed by atoms with Crippen molar-refractivity contribution in [2.45, 2.75) is 137 Å². The normalized spacial score (nSPS) is 19.0. The molecule has 0 spiro atoms. The van der Waals surface area contributed by atoms with Crippen molar-refractivity contribution in [1.29, 1.82) is 0 Å². The van der Waals surface area contributed by atoms with Crippen molar-refractivity contribution in [3.05, 3.63) is 35.4 Å². The summed E-state index contributed by atoms with van der Waals surface area (Å²) in [6.45, 7) is 23.2. The largest absolute Gasteiger partial charge is 0.396 e. The Morgan fingerprint density at radius 2 is 1.44 bits per heavy atom. The van der Waals surface area contributed by atoms with Gasteiger partial charge in [-0.05, 0) is 75.0 Å². The van der Waals surface area contributed by atoms with Gasteiger partial charge in [0.1, 0.15) is 0 Å². The van der Waals surface area contributed by atoms with Gasteiger partial charge in [-0.2, -0.15) is 0 Å². The Balaban J connectivity index is -0.000000129. The monoisotopic (exact) mass is 584 g/mol. The molecule has 3 fully saturated rings. The van der Waals surface area contributed by atoms with Crippen LogP contribution in [0.25, 0.3) is 0 Å². The van der Waals surface area contributed by atoms with Crippen LogP contribution in [0.3, 0.4) is 0 Å². The number of benzene rings is 1. The molecule has 41 heavy (non-hydrogen) atoms. The average Bonchev–Trinajstić information content (AvgIpc) is 3.61. The van der Waals surface area contributed by atoms with Gasteiger partial charge < -0.3 is 14.7 Å². The van der Waals surface area contributed by atoms with Crippen LogP contribution in [0.1, 0.15) is 134 Å². The number of piperidine rings is 1. The molecule has 1 aromatic rings. The Morgan fingerprint density at radius 3 is 1.63 bits per heavy atom. The van der Waals surface area contributed by atoms with Crippen LogP contribution in [-0.4, -0.2) is 49.3 Å². The summed E-state index contributed by atoms with van der Waals surface area (Å²) in [4.78, 5) is 12.7. The van der Waals surface area contributed by atoms with Gasteiger partial charge in [0.25, 0.3) is 0 Å². The Labute approximate surface area is 260 Å². The molecule has 3 aliphatic rings. The van der Waals surface area contributed by atoms with E-state index in [0.29, 0.717) is 23.8 Å².